The van der Waals surface area contributed by atoms with Gasteiger partial charge >= 0.3 is 0 Å². The molecule has 1 saturated heterocycles. The number of likely N-dealkylation sites (N-methyl/N-ethyl adjacent to an activating group) is 1. The zero-order valence-electron chi connectivity index (χ0n) is 7.71. The Bertz CT molecular complexity index is 127. The molecule has 2 heteroatoms. The van der Waals surface area contributed by atoms with Crippen LogP contribution in [0.25, 0.3) is 0 Å². The SMILES string of the molecule is CC[N+]1(C)CCCC[C@@H]1CO. The van der Waals surface area contributed by atoms with Crippen LogP contribution in [-0.4, -0.2) is 42.4 Å². The summed E-state index contributed by atoms with van der Waals surface area (Å²) in [5, 5.41) is 9.14. The first-order valence-electron chi connectivity index (χ1n) is 4.68. The van der Waals surface area contributed by atoms with Gasteiger partial charge in [-0.25, -0.2) is 0 Å². The molecule has 0 radical (unpaired) electrons. The molecule has 0 aliphatic carbocycles. The van der Waals surface area contributed by atoms with Gasteiger partial charge in [-0.1, -0.05) is 0 Å². The standard InChI is InChI=1S/C9H20NO/c1-3-10(2)7-5-4-6-9(10)8-11/h9,11H,3-8H2,1-2H3/q+1/t9-,10?/m1/s1. The summed E-state index contributed by atoms with van der Waals surface area (Å²) in [6.07, 6.45) is 3.85. The number of aliphatic hydroxyl groups is 1. The number of aliphatic hydroxyl groups excluding tert-OH is 1. The third-order valence-corrected chi connectivity index (χ3v) is 3.27. The van der Waals surface area contributed by atoms with E-state index in [1.807, 2.05) is 0 Å². The van der Waals surface area contributed by atoms with Crippen LogP contribution in [0.5, 0.6) is 0 Å². The lowest BCUT2D eigenvalue weighted by atomic mass is 10.00. The second kappa shape index (κ2) is 3.55. The lowest BCUT2D eigenvalue weighted by Crippen LogP contribution is -2.56. The molecular weight excluding hydrogens is 138 g/mol. The van der Waals surface area contributed by atoms with Crippen molar-refractivity contribution < 1.29 is 9.59 Å². The van der Waals surface area contributed by atoms with E-state index >= 15 is 0 Å². The molecule has 0 amide bonds. The number of rotatable bonds is 2. The van der Waals surface area contributed by atoms with Gasteiger partial charge in [0.1, 0.15) is 6.04 Å². The second-order valence-corrected chi connectivity index (χ2v) is 3.85. The first-order valence-corrected chi connectivity index (χ1v) is 4.68. The third kappa shape index (κ3) is 1.74. The van der Waals surface area contributed by atoms with E-state index in [2.05, 4.69) is 14.0 Å². The maximum absolute atomic E-state index is 9.14. The fourth-order valence-corrected chi connectivity index (χ4v) is 2.05. The van der Waals surface area contributed by atoms with Crippen molar-refractivity contribution in [1.29, 1.82) is 0 Å². The van der Waals surface area contributed by atoms with Crippen molar-refractivity contribution in [3.63, 3.8) is 0 Å². The number of hydrogen-bond acceptors (Lipinski definition) is 1. The van der Waals surface area contributed by atoms with Crippen LogP contribution in [0.15, 0.2) is 0 Å². The molecule has 0 saturated carbocycles. The Kier molecular flexibility index (Phi) is 2.90. The summed E-state index contributed by atoms with van der Waals surface area (Å²) in [5.41, 5.74) is 0. The Balaban J connectivity index is 2.57. The molecule has 0 aromatic rings. The third-order valence-electron chi connectivity index (χ3n) is 3.27. The molecule has 1 aliphatic heterocycles. The average molecular weight is 158 g/mol. The Morgan fingerprint density at radius 2 is 2.18 bits per heavy atom. The van der Waals surface area contributed by atoms with E-state index in [9.17, 15) is 0 Å². The normalized spacial score (nSPS) is 39.0. The minimum atomic E-state index is 0.365. The molecule has 1 unspecified atom stereocenters. The highest BCUT2D eigenvalue weighted by Crippen LogP contribution is 2.22. The molecule has 0 aromatic heterocycles. The number of quaternary nitrogens is 1. The van der Waals surface area contributed by atoms with E-state index in [1.54, 1.807) is 0 Å². The highest BCUT2D eigenvalue weighted by molar-refractivity contribution is 4.63. The monoisotopic (exact) mass is 158 g/mol. The Labute approximate surface area is 69.4 Å². The molecule has 2 atom stereocenters. The van der Waals surface area contributed by atoms with Crippen molar-refractivity contribution in [1.82, 2.24) is 0 Å². The quantitative estimate of drug-likeness (QED) is 0.594. The Morgan fingerprint density at radius 1 is 1.45 bits per heavy atom. The molecule has 0 bridgehead atoms. The van der Waals surface area contributed by atoms with Crippen LogP contribution < -0.4 is 0 Å². The molecule has 1 N–H and O–H groups in total. The van der Waals surface area contributed by atoms with Crippen molar-refractivity contribution in [2.75, 3.05) is 26.7 Å². The van der Waals surface area contributed by atoms with Crippen LogP contribution in [0, 0.1) is 0 Å². The maximum atomic E-state index is 9.14. The summed E-state index contributed by atoms with van der Waals surface area (Å²) in [5.74, 6) is 0. The van der Waals surface area contributed by atoms with Crippen molar-refractivity contribution in [3.05, 3.63) is 0 Å². The lowest BCUT2D eigenvalue weighted by Gasteiger charge is -2.43. The molecule has 66 valence electrons. The molecule has 1 fully saturated rings. The summed E-state index contributed by atoms with van der Waals surface area (Å²) in [4.78, 5) is 0. The molecule has 1 heterocycles. The van der Waals surface area contributed by atoms with Gasteiger partial charge in [0.25, 0.3) is 0 Å². The first kappa shape index (κ1) is 9.01. The van der Waals surface area contributed by atoms with Crippen molar-refractivity contribution in [2.24, 2.45) is 0 Å². The minimum absolute atomic E-state index is 0.365. The van der Waals surface area contributed by atoms with Gasteiger partial charge in [0.15, 0.2) is 0 Å². The van der Waals surface area contributed by atoms with Crippen LogP contribution in [0.2, 0.25) is 0 Å². The summed E-state index contributed by atoms with van der Waals surface area (Å²) in [6.45, 7) is 4.99. The Morgan fingerprint density at radius 3 is 2.64 bits per heavy atom. The number of piperidine rings is 1. The first-order chi connectivity index (χ1) is 5.23. The van der Waals surface area contributed by atoms with Gasteiger partial charge in [-0.2, -0.15) is 0 Å². The number of hydrogen-bond donors (Lipinski definition) is 1. The molecule has 0 aromatic carbocycles. The van der Waals surface area contributed by atoms with E-state index in [1.165, 1.54) is 25.8 Å². The molecule has 1 aliphatic rings. The molecule has 1 rings (SSSR count). The minimum Gasteiger partial charge on any atom is -0.390 e. The smallest absolute Gasteiger partial charge is 0.112 e. The maximum Gasteiger partial charge on any atom is 0.112 e. The van der Waals surface area contributed by atoms with E-state index in [-0.39, 0.29) is 0 Å². The van der Waals surface area contributed by atoms with E-state index in [4.69, 9.17) is 5.11 Å². The fourth-order valence-electron chi connectivity index (χ4n) is 2.05. The van der Waals surface area contributed by atoms with Gasteiger partial charge in [-0.3, -0.25) is 0 Å². The van der Waals surface area contributed by atoms with Gasteiger partial charge in [-0.15, -0.1) is 0 Å². The summed E-state index contributed by atoms with van der Waals surface area (Å²) >= 11 is 0. The predicted molar refractivity (Wildman–Crippen MR) is 46.3 cm³/mol. The van der Waals surface area contributed by atoms with Crippen molar-refractivity contribution in [2.45, 2.75) is 32.2 Å². The predicted octanol–water partition coefficient (Wildman–Crippen LogP) is 0.998. The van der Waals surface area contributed by atoms with Crippen LogP contribution >= 0.6 is 0 Å². The van der Waals surface area contributed by atoms with Gasteiger partial charge in [0, 0.05) is 6.42 Å². The number of nitrogens with zero attached hydrogens (tertiary/aromatic N) is 1. The van der Waals surface area contributed by atoms with E-state index in [0.717, 1.165) is 11.0 Å². The summed E-state index contributed by atoms with van der Waals surface area (Å²) in [6, 6.07) is 0.508. The van der Waals surface area contributed by atoms with Gasteiger partial charge < -0.3 is 9.59 Å². The average Bonchev–Trinajstić information content (AvgIpc) is 2.05. The largest absolute Gasteiger partial charge is 0.390 e. The van der Waals surface area contributed by atoms with Crippen molar-refractivity contribution in [3.8, 4) is 0 Å². The molecular formula is C9H20NO+. The highest BCUT2D eigenvalue weighted by atomic mass is 16.3. The van der Waals surface area contributed by atoms with Gasteiger partial charge in [-0.05, 0) is 19.8 Å². The number of likely N-dealkylation sites (tertiary alicyclic amines) is 1. The molecule has 2 nitrogen and oxygen atoms in total. The molecule has 0 spiro atoms. The lowest BCUT2D eigenvalue weighted by molar-refractivity contribution is -0.937. The summed E-state index contributed by atoms with van der Waals surface area (Å²) in [7, 11) is 2.26. The van der Waals surface area contributed by atoms with Crippen LogP contribution in [0.1, 0.15) is 26.2 Å². The van der Waals surface area contributed by atoms with Crippen molar-refractivity contribution >= 4 is 0 Å². The highest BCUT2D eigenvalue weighted by Gasteiger charge is 2.32. The van der Waals surface area contributed by atoms with Crippen LogP contribution in [-0.2, 0) is 0 Å². The topological polar surface area (TPSA) is 20.2 Å². The summed E-state index contributed by atoms with van der Waals surface area (Å²) < 4.78 is 1.08. The van der Waals surface area contributed by atoms with Crippen LogP contribution in [0.3, 0.4) is 0 Å². The van der Waals surface area contributed by atoms with Gasteiger partial charge in [0.2, 0.25) is 0 Å². The van der Waals surface area contributed by atoms with E-state index in [0.29, 0.717) is 12.6 Å². The van der Waals surface area contributed by atoms with Gasteiger partial charge in [0.05, 0.1) is 26.7 Å². The Hall–Kier alpha value is -0.0800. The zero-order chi connectivity index (χ0) is 8.32. The second-order valence-electron chi connectivity index (χ2n) is 3.85. The zero-order valence-corrected chi connectivity index (χ0v) is 7.71. The fraction of sp³-hybridized carbons (Fsp3) is 1.00. The van der Waals surface area contributed by atoms with E-state index < -0.39 is 0 Å². The van der Waals surface area contributed by atoms with Crippen LogP contribution in [0.4, 0.5) is 0 Å². The molecule has 11 heavy (non-hydrogen) atoms.